The van der Waals surface area contributed by atoms with E-state index in [0.29, 0.717) is 24.3 Å². The average molecular weight is 449 g/mol. The Hall–Kier alpha value is -1.93. The highest BCUT2D eigenvalue weighted by atomic mass is 32.2. The Morgan fingerprint density at radius 2 is 2.00 bits per heavy atom. The van der Waals surface area contributed by atoms with Gasteiger partial charge < -0.3 is 9.88 Å². The summed E-state index contributed by atoms with van der Waals surface area (Å²) in [6.07, 6.45) is 7.65. The lowest BCUT2D eigenvalue weighted by atomic mass is 9.86. The number of sulfonamides is 1. The van der Waals surface area contributed by atoms with Gasteiger partial charge in [-0.2, -0.15) is 0 Å². The van der Waals surface area contributed by atoms with E-state index in [9.17, 15) is 13.2 Å². The molecule has 7 nitrogen and oxygen atoms in total. The molecular formula is C23H36N4O3S. The highest BCUT2D eigenvalue weighted by Gasteiger charge is 2.23. The second-order valence-electron chi connectivity index (χ2n) is 8.91. The number of nitrogens with zero attached hydrogens (tertiary/aromatic N) is 3. The summed E-state index contributed by atoms with van der Waals surface area (Å²) in [5.41, 5.74) is 1.58. The van der Waals surface area contributed by atoms with Gasteiger partial charge in [-0.15, -0.1) is 0 Å². The van der Waals surface area contributed by atoms with Crippen molar-refractivity contribution in [2.75, 3.05) is 14.1 Å². The quantitative estimate of drug-likeness (QED) is 0.634. The number of fused-ring (bicyclic) bond motifs is 1. The molecule has 31 heavy (non-hydrogen) atoms. The molecule has 0 aliphatic heterocycles. The van der Waals surface area contributed by atoms with Gasteiger partial charge in [0.2, 0.25) is 15.9 Å². The topological polar surface area (TPSA) is 84.3 Å². The van der Waals surface area contributed by atoms with Gasteiger partial charge in [0.25, 0.3) is 0 Å². The molecule has 1 fully saturated rings. The molecule has 0 radical (unpaired) electrons. The van der Waals surface area contributed by atoms with Crippen LogP contribution in [-0.2, 0) is 27.8 Å². The molecule has 1 amide bonds. The molecule has 2 aromatic rings. The maximum atomic E-state index is 12.6. The van der Waals surface area contributed by atoms with Crippen LogP contribution < -0.4 is 5.32 Å². The monoisotopic (exact) mass is 448 g/mol. The fourth-order valence-electron chi connectivity index (χ4n) is 4.32. The first-order valence-electron chi connectivity index (χ1n) is 11.4. The molecule has 1 aliphatic rings. The Morgan fingerprint density at radius 1 is 1.26 bits per heavy atom. The number of hydrogen-bond acceptors (Lipinski definition) is 4. The molecular weight excluding hydrogens is 412 g/mol. The Labute approximate surface area is 186 Å². The van der Waals surface area contributed by atoms with Gasteiger partial charge in [0.1, 0.15) is 5.82 Å². The summed E-state index contributed by atoms with van der Waals surface area (Å²) in [4.78, 5) is 17.6. The number of amides is 1. The first-order chi connectivity index (χ1) is 14.7. The number of hydrogen-bond donors (Lipinski definition) is 1. The van der Waals surface area contributed by atoms with Crippen molar-refractivity contribution in [3.05, 3.63) is 24.0 Å². The average Bonchev–Trinajstić information content (AvgIpc) is 3.09. The zero-order valence-corrected chi connectivity index (χ0v) is 20.0. The molecule has 1 aromatic carbocycles. The van der Waals surface area contributed by atoms with Crippen LogP contribution in [-0.4, -0.2) is 48.3 Å². The number of benzene rings is 1. The van der Waals surface area contributed by atoms with Crippen molar-refractivity contribution < 1.29 is 13.2 Å². The molecule has 2 unspecified atom stereocenters. The molecule has 172 valence electrons. The minimum atomic E-state index is -3.52. The maximum Gasteiger partial charge on any atom is 0.242 e. The van der Waals surface area contributed by atoms with Gasteiger partial charge in [-0.25, -0.2) is 17.7 Å². The summed E-state index contributed by atoms with van der Waals surface area (Å²) in [6.45, 7) is 5.16. The number of nitrogens with one attached hydrogen (secondary N) is 1. The van der Waals surface area contributed by atoms with Crippen LogP contribution in [0.1, 0.15) is 64.6 Å². The largest absolute Gasteiger partial charge is 0.353 e. The standard InChI is InChI=1S/C23H36N4O3S/c1-5-6-15-27-21-12-11-18(31(29,30)26(3)4)16-20(21)24-22(27)13-14-23(28)25-19-10-8-7-9-17(19)2/h11-12,16-17,19H,5-10,13-15H2,1-4H3,(H,25,28). The van der Waals surface area contributed by atoms with Gasteiger partial charge in [-0.1, -0.05) is 33.1 Å². The van der Waals surface area contributed by atoms with E-state index >= 15 is 0 Å². The molecule has 0 bridgehead atoms. The van der Waals surface area contributed by atoms with E-state index in [0.717, 1.165) is 37.1 Å². The second kappa shape index (κ2) is 10.1. The van der Waals surface area contributed by atoms with Crippen molar-refractivity contribution >= 4 is 27.0 Å². The van der Waals surface area contributed by atoms with E-state index in [4.69, 9.17) is 4.98 Å². The summed E-state index contributed by atoms with van der Waals surface area (Å²) in [7, 11) is -0.468. The fourth-order valence-corrected chi connectivity index (χ4v) is 5.24. The van der Waals surface area contributed by atoms with E-state index in [1.807, 2.05) is 6.07 Å². The summed E-state index contributed by atoms with van der Waals surface area (Å²) in [5, 5.41) is 3.22. The predicted octanol–water partition coefficient (Wildman–Crippen LogP) is 3.71. The third-order valence-electron chi connectivity index (χ3n) is 6.35. The highest BCUT2D eigenvalue weighted by molar-refractivity contribution is 7.89. The summed E-state index contributed by atoms with van der Waals surface area (Å²) in [5.74, 6) is 1.45. The van der Waals surface area contributed by atoms with Gasteiger partial charge in [0.15, 0.2) is 0 Å². The van der Waals surface area contributed by atoms with Crippen LogP contribution >= 0.6 is 0 Å². The SMILES string of the molecule is CCCCn1c(CCC(=O)NC2CCCCC2C)nc2cc(S(=O)(=O)N(C)C)ccc21. The zero-order chi connectivity index (χ0) is 22.6. The van der Waals surface area contributed by atoms with Crippen LogP contribution in [0, 0.1) is 5.92 Å². The van der Waals surface area contributed by atoms with E-state index in [-0.39, 0.29) is 16.8 Å². The van der Waals surface area contributed by atoms with Crippen LogP contribution in [0.2, 0.25) is 0 Å². The summed E-state index contributed by atoms with van der Waals surface area (Å²) in [6, 6.07) is 5.39. The van der Waals surface area contributed by atoms with Crippen molar-refractivity contribution in [2.24, 2.45) is 5.92 Å². The highest BCUT2D eigenvalue weighted by Crippen LogP contribution is 2.25. The number of aryl methyl sites for hydroxylation is 2. The van der Waals surface area contributed by atoms with E-state index in [1.54, 1.807) is 12.1 Å². The molecule has 0 saturated heterocycles. The normalized spacial score (nSPS) is 19.8. The van der Waals surface area contributed by atoms with Crippen molar-refractivity contribution in [1.82, 2.24) is 19.2 Å². The van der Waals surface area contributed by atoms with Crippen LogP contribution in [0.15, 0.2) is 23.1 Å². The van der Waals surface area contributed by atoms with Crippen molar-refractivity contribution in [1.29, 1.82) is 0 Å². The second-order valence-corrected chi connectivity index (χ2v) is 11.1. The summed E-state index contributed by atoms with van der Waals surface area (Å²) < 4.78 is 28.4. The molecule has 1 N–H and O–H groups in total. The number of carbonyl (C=O) groups excluding carboxylic acids is 1. The molecule has 3 rings (SSSR count). The minimum absolute atomic E-state index is 0.0729. The molecule has 2 atom stereocenters. The van der Waals surface area contributed by atoms with Crippen LogP contribution in [0.25, 0.3) is 11.0 Å². The van der Waals surface area contributed by atoms with Crippen molar-refractivity contribution in [3.63, 3.8) is 0 Å². The van der Waals surface area contributed by atoms with Crippen LogP contribution in [0.5, 0.6) is 0 Å². The molecule has 8 heteroatoms. The zero-order valence-electron chi connectivity index (χ0n) is 19.2. The lowest BCUT2D eigenvalue weighted by molar-refractivity contribution is -0.122. The van der Waals surface area contributed by atoms with Crippen LogP contribution in [0.3, 0.4) is 0 Å². The van der Waals surface area contributed by atoms with E-state index in [2.05, 4.69) is 23.7 Å². The summed E-state index contributed by atoms with van der Waals surface area (Å²) >= 11 is 0. The fraction of sp³-hybridized carbons (Fsp3) is 0.652. The van der Waals surface area contributed by atoms with Crippen molar-refractivity contribution in [2.45, 2.75) is 82.7 Å². The first-order valence-corrected chi connectivity index (χ1v) is 12.9. The Balaban J connectivity index is 1.80. The Bertz CT molecular complexity index is 1010. The Morgan fingerprint density at radius 3 is 2.68 bits per heavy atom. The molecule has 0 spiro atoms. The molecule has 1 aromatic heterocycles. The number of aromatic nitrogens is 2. The maximum absolute atomic E-state index is 12.6. The third-order valence-corrected chi connectivity index (χ3v) is 8.16. The lowest BCUT2D eigenvalue weighted by Crippen LogP contribution is -2.41. The van der Waals surface area contributed by atoms with Gasteiger partial charge in [0, 0.05) is 39.5 Å². The molecule has 1 heterocycles. The smallest absolute Gasteiger partial charge is 0.242 e. The first kappa shape index (κ1) is 23.7. The van der Waals surface area contributed by atoms with Gasteiger partial charge >= 0.3 is 0 Å². The lowest BCUT2D eigenvalue weighted by Gasteiger charge is -2.29. The van der Waals surface area contributed by atoms with Gasteiger partial charge in [-0.3, -0.25) is 4.79 Å². The van der Waals surface area contributed by atoms with E-state index in [1.165, 1.54) is 37.7 Å². The van der Waals surface area contributed by atoms with Gasteiger partial charge in [-0.05, 0) is 43.4 Å². The minimum Gasteiger partial charge on any atom is -0.353 e. The number of unbranched alkanes of at least 4 members (excludes halogenated alkanes) is 1. The number of carbonyl (C=O) groups is 1. The Kier molecular flexibility index (Phi) is 7.75. The van der Waals surface area contributed by atoms with Crippen LogP contribution in [0.4, 0.5) is 0 Å². The number of imidazole rings is 1. The molecule has 1 saturated carbocycles. The number of rotatable bonds is 9. The van der Waals surface area contributed by atoms with Crippen molar-refractivity contribution in [3.8, 4) is 0 Å². The molecule has 1 aliphatic carbocycles. The third kappa shape index (κ3) is 5.47. The van der Waals surface area contributed by atoms with E-state index < -0.39 is 10.0 Å². The van der Waals surface area contributed by atoms with Gasteiger partial charge in [0.05, 0.1) is 15.9 Å². The predicted molar refractivity (Wildman–Crippen MR) is 123 cm³/mol.